The van der Waals surface area contributed by atoms with Crippen molar-refractivity contribution < 1.29 is 0 Å². The molecule has 296 valence electrons. The summed E-state index contributed by atoms with van der Waals surface area (Å²) in [5.74, 6) is 0. The van der Waals surface area contributed by atoms with E-state index in [1.54, 1.807) is 0 Å². The highest BCUT2D eigenvalue weighted by Gasteiger charge is 2.23. The van der Waals surface area contributed by atoms with E-state index in [2.05, 4.69) is 266 Å². The fraction of sp³-hybridized carbons (Fsp3) is 0. The molecule has 0 aliphatic carbocycles. The van der Waals surface area contributed by atoms with E-state index in [0.29, 0.717) is 0 Å². The third-order valence-electron chi connectivity index (χ3n) is 12.3. The van der Waals surface area contributed by atoms with Crippen LogP contribution in [0.15, 0.2) is 261 Å². The van der Waals surface area contributed by atoms with Crippen LogP contribution in [0.3, 0.4) is 0 Å². The van der Waals surface area contributed by atoms with Gasteiger partial charge in [-0.05, 0) is 101 Å². The lowest BCUT2D eigenvalue weighted by atomic mass is 9.83. The minimum absolute atomic E-state index is 1.08. The molecule has 0 saturated carbocycles. The van der Waals surface area contributed by atoms with Crippen LogP contribution in [0, 0.1) is 0 Å². The fourth-order valence-corrected chi connectivity index (χ4v) is 9.41. The van der Waals surface area contributed by atoms with Gasteiger partial charge in [0.2, 0.25) is 0 Å². The van der Waals surface area contributed by atoms with E-state index in [1.807, 2.05) is 0 Å². The number of fused-ring (bicyclic) bond motifs is 3. The lowest BCUT2D eigenvalue weighted by Crippen LogP contribution is -2.12. The zero-order chi connectivity index (χ0) is 42.0. The van der Waals surface area contributed by atoms with E-state index in [9.17, 15) is 0 Å². The number of hydrogen-bond donors (Lipinski definition) is 0. The highest BCUT2D eigenvalue weighted by Crippen LogP contribution is 2.49. The van der Waals surface area contributed by atoms with E-state index in [-0.39, 0.29) is 0 Å². The Morgan fingerprint density at radius 3 is 1.05 bits per heavy atom. The molecule has 0 heterocycles. The molecule has 63 heavy (non-hydrogen) atoms. The van der Waals surface area contributed by atoms with Gasteiger partial charge in [0.1, 0.15) is 0 Å². The number of anilines is 3. The standard InChI is InChI=1S/C62H43N/c1-6-20-44(21-7-1)45-36-40-51(41-37-45)63(62-54(46-22-8-2-9-23-46)33-19-34-55(62)47-24-10-3-11-25-47)52-42-38-48(39-43-52)53-32-18-35-58-60(50-28-14-5-15-29-50)59(49-26-12-4-13-27-49)56-30-16-17-31-57(56)61(53)58/h1-43H. The SMILES string of the molecule is c1ccc(-c2ccc(N(c3ccc(-c4cccc5c(-c6ccccc6)c(-c6ccccc6)c6ccccc6c45)cc3)c3c(-c4ccccc4)cccc3-c3ccccc3)cc2)cc1. The summed E-state index contributed by atoms with van der Waals surface area (Å²) in [5.41, 5.74) is 17.6. The van der Waals surface area contributed by atoms with Crippen molar-refractivity contribution in [2.75, 3.05) is 4.90 Å². The first-order chi connectivity index (χ1) is 31.3. The van der Waals surface area contributed by atoms with Crippen molar-refractivity contribution in [3.05, 3.63) is 261 Å². The molecule has 0 aliphatic rings. The minimum atomic E-state index is 1.08. The highest BCUT2D eigenvalue weighted by molar-refractivity contribution is 6.25. The van der Waals surface area contributed by atoms with Gasteiger partial charge >= 0.3 is 0 Å². The maximum absolute atomic E-state index is 2.45. The summed E-state index contributed by atoms with van der Waals surface area (Å²) < 4.78 is 0. The largest absolute Gasteiger partial charge is 0.309 e. The highest BCUT2D eigenvalue weighted by atomic mass is 15.1. The maximum atomic E-state index is 2.45. The summed E-state index contributed by atoms with van der Waals surface area (Å²) in [4.78, 5) is 2.45. The van der Waals surface area contributed by atoms with Crippen molar-refractivity contribution in [1.29, 1.82) is 0 Å². The lowest BCUT2D eigenvalue weighted by molar-refractivity contribution is 1.28. The maximum Gasteiger partial charge on any atom is 0.0618 e. The quantitative estimate of drug-likeness (QED) is 0.131. The molecular weight excluding hydrogens is 759 g/mol. The van der Waals surface area contributed by atoms with Gasteiger partial charge in [-0.25, -0.2) is 0 Å². The van der Waals surface area contributed by atoms with E-state index in [1.165, 1.54) is 77.2 Å². The first-order valence-corrected chi connectivity index (χ1v) is 21.7. The number of para-hydroxylation sites is 1. The Bertz CT molecular complexity index is 3270. The van der Waals surface area contributed by atoms with Gasteiger partial charge in [0.05, 0.1) is 5.69 Å². The normalized spacial score (nSPS) is 11.2. The second kappa shape index (κ2) is 16.7. The fourth-order valence-electron chi connectivity index (χ4n) is 9.41. The van der Waals surface area contributed by atoms with Gasteiger partial charge in [-0.15, -0.1) is 0 Å². The van der Waals surface area contributed by atoms with Crippen molar-refractivity contribution in [1.82, 2.24) is 0 Å². The van der Waals surface area contributed by atoms with Crippen molar-refractivity contribution >= 4 is 38.6 Å². The van der Waals surface area contributed by atoms with Crippen LogP contribution in [0.2, 0.25) is 0 Å². The first kappa shape index (κ1) is 37.7. The molecule has 0 N–H and O–H groups in total. The summed E-state index contributed by atoms with van der Waals surface area (Å²) in [7, 11) is 0. The van der Waals surface area contributed by atoms with Gasteiger partial charge in [0, 0.05) is 22.5 Å². The van der Waals surface area contributed by atoms with Crippen LogP contribution in [0.25, 0.3) is 88.3 Å². The molecule has 1 nitrogen and oxygen atoms in total. The predicted octanol–water partition coefficient (Wildman–Crippen LogP) is 17.5. The second-order valence-electron chi connectivity index (χ2n) is 16.0. The summed E-state index contributed by atoms with van der Waals surface area (Å²) >= 11 is 0. The molecule has 1 heteroatoms. The van der Waals surface area contributed by atoms with Gasteiger partial charge in [-0.2, -0.15) is 0 Å². The van der Waals surface area contributed by atoms with Crippen LogP contribution in [0.1, 0.15) is 0 Å². The molecule has 11 aromatic rings. The molecule has 0 unspecified atom stereocenters. The average Bonchev–Trinajstić information content (AvgIpc) is 3.37. The monoisotopic (exact) mass is 801 g/mol. The van der Waals surface area contributed by atoms with Gasteiger partial charge in [0.15, 0.2) is 0 Å². The van der Waals surface area contributed by atoms with Crippen LogP contribution < -0.4 is 4.90 Å². The molecule has 0 aromatic heterocycles. The second-order valence-corrected chi connectivity index (χ2v) is 16.0. The molecule has 11 aromatic carbocycles. The van der Waals surface area contributed by atoms with Crippen LogP contribution in [-0.2, 0) is 0 Å². The number of nitrogens with zero attached hydrogens (tertiary/aromatic N) is 1. The predicted molar refractivity (Wildman–Crippen MR) is 269 cm³/mol. The van der Waals surface area contributed by atoms with Crippen LogP contribution in [-0.4, -0.2) is 0 Å². The van der Waals surface area contributed by atoms with E-state index < -0.39 is 0 Å². The molecule has 0 radical (unpaired) electrons. The number of rotatable bonds is 9. The average molecular weight is 802 g/mol. The van der Waals surface area contributed by atoms with E-state index in [4.69, 9.17) is 0 Å². The van der Waals surface area contributed by atoms with Crippen molar-refractivity contribution in [2.24, 2.45) is 0 Å². The molecule has 0 aliphatic heterocycles. The minimum Gasteiger partial charge on any atom is -0.309 e. The Kier molecular flexibility index (Phi) is 9.97. The van der Waals surface area contributed by atoms with Gasteiger partial charge < -0.3 is 4.90 Å². The van der Waals surface area contributed by atoms with Crippen LogP contribution >= 0.6 is 0 Å². The van der Waals surface area contributed by atoms with Crippen LogP contribution in [0.4, 0.5) is 17.1 Å². The van der Waals surface area contributed by atoms with E-state index in [0.717, 1.165) is 28.2 Å². The summed E-state index contributed by atoms with van der Waals surface area (Å²) in [6.45, 7) is 0. The molecule has 0 saturated heterocycles. The van der Waals surface area contributed by atoms with Gasteiger partial charge in [-0.3, -0.25) is 0 Å². The topological polar surface area (TPSA) is 3.24 Å². The molecule has 0 spiro atoms. The molecule has 0 atom stereocenters. The zero-order valence-corrected chi connectivity index (χ0v) is 34.8. The van der Waals surface area contributed by atoms with Gasteiger partial charge in [-0.1, -0.05) is 237 Å². The Hall–Kier alpha value is -8.26. The molecular formula is C62H43N. The van der Waals surface area contributed by atoms with Crippen LogP contribution in [0.5, 0.6) is 0 Å². The Morgan fingerprint density at radius 1 is 0.206 bits per heavy atom. The molecule has 0 amide bonds. The lowest BCUT2D eigenvalue weighted by Gasteiger charge is -2.31. The number of hydrogen-bond acceptors (Lipinski definition) is 1. The van der Waals surface area contributed by atoms with E-state index >= 15 is 0 Å². The van der Waals surface area contributed by atoms with Gasteiger partial charge in [0.25, 0.3) is 0 Å². The summed E-state index contributed by atoms with van der Waals surface area (Å²) in [6, 6.07) is 94.6. The van der Waals surface area contributed by atoms with Crippen molar-refractivity contribution in [3.63, 3.8) is 0 Å². The third-order valence-corrected chi connectivity index (χ3v) is 12.3. The molecule has 0 fully saturated rings. The Labute approximate surface area is 369 Å². The molecule has 0 bridgehead atoms. The third kappa shape index (κ3) is 7.06. The Morgan fingerprint density at radius 2 is 0.540 bits per heavy atom. The van der Waals surface area contributed by atoms with Crippen molar-refractivity contribution in [2.45, 2.75) is 0 Å². The smallest absolute Gasteiger partial charge is 0.0618 e. The first-order valence-electron chi connectivity index (χ1n) is 21.7. The summed E-state index contributed by atoms with van der Waals surface area (Å²) in [6.07, 6.45) is 0. The Balaban J connectivity index is 1.13. The molecule has 11 rings (SSSR count). The summed E-state index contributed by atoms with van der Waals surface area (Å²) in [5, 5.41) is 4.99. The number of benzene rings is 11. The zero-order valence-electron chi connectivity index (χ0n) is 34.8. The van der Waals surface area contributed by atoms with Crippen molar-refractivity contribution in [3.8, 4) is 66.8 Å².